The van der Waals surface area contributed by atoms with Gasteiger partial charge in [-0.2, -0.15) is 5.26 Å². The Morgan fingerprint density at radius 2 is 1.97 bits per heavy atom. The van der Waals surface area contributed by atoms with Crippen LogP contribution in [-0.4, -0.2) is 28.8 Å². The molecule has 31 heavy (non-hydrogen) atoms. The third-order valence-electron chi connectivity index (χ3n) is 5.29. The minimum atomic E-state index is -1.63. The summed E-state index contributed by atoms with van der Waals surface area (Å²) in [4.78, 5) is 23.0. The van der Waals surface area contributed by atoms with Crippen molar-refractivity contribution in [3.63, 3.8) is 0 Å². The summed E-state index contributed by atoms with van der Waals surface area (Å²) in [7, 11) is 1.48. The Bertz CT molecular complexity index is 1270. The fourth-order valence-electron chi connectivity index (χ4n) is 3.67. The molecule has 0 saturated heterocycles. The number of guanidine groups is 1. The topological polar surface area (TPSA) is 95.4 Å². The molecule has 154 valence electrons. The first-order chi connectivity index (χ1) is 14.9. The molecule has 1 aromatic heterocycles. The number of alkyl halides is 1. The second-order valence-electron chi connectivity index (χ2n) is 7.15. The molecular formula is C23H17F2N5O. The van der Waals surface area contributed by atoms with Crippen molar-refractivity contribution >= 4 is 11.9 Å². The van der Waals surface area contributed by atoms with Crippen LogP contribution in [0.4, 0.5) is 8.78 Å². The van der Waals surface area contributed by atoms with Crippen LogP contribution in [0.2, 0.25) is 0 Å². The van der Waals surface area contributed by atoms with E-state index >= 15 is 0 Å². The third-order valence-corrected chi connectivity index (χ3v) is 5.29. The second kappa shape index (κ2) is 7.61. The summed E-state index contributed by atoms with van der Waals surface area (Å²) < 4.78 is 28.1. The summed E-state index contributed by atoms with van der Waals surface area (Å²) in [5.41, 5.74) is 6.31. The van der Waals surface area contributed by atoms with E-state index in [1.54, 1.807) is 24.3 Å². The van der Waals surface area contributed by atoms with Gasteiger partial charge in [0, 0.05) is 36.1 Å². The van der Waals surface area contributed by atoms with Gasteiger partial charge >= 0.3 is 0 Å². The van der Waals surface area contributed by atoms with E-state index in [-0.39, 0.29) is 17.1 Å². The molecule has 1 unspecified atom stereocenters. The molecule has 8 heteroatoms. The quantitative estimate of drug-likeness (QED) is 0.705. The molecule has 0 fully saturated rings. The van der Waals surface area contributed by atoms with E-state index in [4.69, 9.17) is 5.73 Å². The van der Waals surface area contributed by atoms with Crippen molar-refractivity contribution in [2.24, 2.45) is 10.7 Å². The van der Waals surface area contributed by atoms with Crippen LogP contribution in [0, 0.1) is 17.1 Å². The number of benzene rings is 2. The summed E-state index contributed by atoms with van der Waals surface area (Å²) in [6.45, 7) is -0.768. The molecule has 0 radical (unpaired) electrons. The fourth-order valence-corrected chi connectivity index (χ4v) is 3.67. The lowest BCUT2D eigenvalue weighted by atomic mass is 9.82. The Morgan fingerprint density at radius 1 is 1.16 bits per heavy atom. The highest BCUT2D eigenvalue weighted by Gasteiger charge is 2.50. The number of halogens is 2. The van der Waals surface area contributed by atoms with Gasteiger partial charge in [0.15, 0.2) is 11.5 Å². The SMILES string of the molecule is CN1C(=O)C(c2cncc(CF)c2)(c2ccc(F)c(-c3cccc(C#N)c3)c2)N=C1N. The highest BCUT2D eigenvalue weighted by atomic mass is 19.1. The number of aromatic nitrogens is 1. The van der Waals surface area contributed by atoms with E-state index in [0.29, 0.717) is 22.3 Å². The van der Waals surface area contributed by atoms with E-state index in [2.05, 4.69) is 9.98 Å². The fraction of sp³-hybridized carbons (Fsp3) is 0.130. The lowest BCUT2D eigenvalue weighted by molar-refractivity contribution is -0.129. The van der Waals surface area contributed by atoms with Crippen molar-refractivity contribution in [2.45, 2.75) is 12.2 Å². The van der Waals surface area contributed by atoms with Gasteiger partial charge in [0.2, 0.25) is 0 Å². The number of nitrogens with two attached hydrogens (primary N) is 1. The number of hydrogen-bond acceptors (Lipinski definition) is 5. The molecule has 0 bridgehead atoms. The number of nitrogens with zero attached hydrogens (tertiary/aromatic N) is 4. The van der Waals surface area contributed by atoms with Gasteiger partial charge in [-0.1, -0.05) is 18.2 Å². The number of nitriles is 1. The molecule has 1 amide bonds. The standard InChI is InChI=1S/C23H17F2N5O/c1-30-21(31)23(29-22(30)27,18-8-15(10-24)12-28-13-18)17-5-6-20(25)19(9-17)16-4-2-3-14(7-16)11-26/h2-9,12-13H,10H2,1H3,(H2,27,29). The lowest BCUT2D eigenvalue weighted by Crippen LogP contribution is -2.41. The lowest BCUT2D eigenvalue weighted by Gasteiger charge is -2.26. The number of rotatable bonds is 4. The molecule has 1 atom stereocenters. The highest BCUT2D eigenvalue weighted by molar-refractivity contribution is 6.09. The van der Waals surface area contributed by atoms with Gasteiger partial charge in [0.1, 0.15) is 12.5 Å². The summed E-state index contributed by atoms with van der Waals surface area (Å²) >= 11 is 0. The predicted molar refractivity (Wildman–Crippen MR) is 111 cm³/mol. The van der Waals surface area contributed by atoms with Crippen LogP contribution in [0.25, 0.3) is 11.1 Å². The monoisotopic (exact) mass is 417 g/mol. The first-order valence-electron chi connectivity index (χ1n) is 9.35. The maximum Gasteiger partial charge on any atom is 0.266 e. The smallest absolute Gasteiger partial charge is 0.266 e. The molecule has 0 saturated carbocycles. The summed E-state index contributed by atoms with van der Waals surface area (Å²) in [5.74, 6) is -1.01. The van der Waals surface area contributed by atoms with Crippen molar-refractivity contribution in [1.29, 1.82) is 5.26 Å². The van der Waals surface area contributed by atoms with Crippen LogP contribution < -0.4 is 5.73 Å². The molecule has 1 aliphatic rings. The Hall–Kier alpha value is -4.12. The first-order valence-corrected chi connectivity index (χ1v) is 9.35. The van der Waals surface area contributed by atoms with Gasteiger partial charge < -0.3 is 5.73 Å². The number of hydrogen-bond donors (Lipinski definition) is 1. The van der Waals surface area contributed by atoms with Crippen molar-refractivity contribution in [3.05, 3.63) is 89.0 Å². The van der Waals surface area contributed by atoms with Crippen LogP contribution in [-0.2, 0) is 17.0 Å². The molecule has 2 aromatic carbocycles. The van der Waals surface area contributed by atoms with Crippen molar-refractivity contribution in [1.82, 2.24) is 9.88 Å². The zero-order valence-electron chi connectivity index (χ0n) is 16.5. The average Bonchev–Trinajstić information content (AvgIpc) is 3.04. The normalized spacial score (nSPS) is 18.1. The van der Waals surface area contributed by atoms with Crippen molar-refractivity contribution < 1.29 is 13.6 Å². The summed E-state index contributed by atoms with van der Waals surface area (Å²) in [6.07, 6.45) is 2.78. The number of carbonyl (C=O) groups is 1. The Kier molecular flexibility index (Phi) is 4.95. The molecular weight excluding hydrogens is 400 g/mol. The number of pyridine rings is 1. The summed E-state index contributed by atoms with van der Waals surface area (Å²) in [5, 5.41) is 9.17. The Labute approximate surface area is 177 Å². The molecule has 0 spiro atoms. The van der Waals surface area contributed by atoms with Gasteiger partial charge in [0.05, 0.1) is 11.6 Å². The first kappa shape index (κ1) is 20.2. The second-order valence-corrected chi connectivity index (χ2v) is 7.15. The highest BCUT2D eigenvalue weighted by Crippen LogP contribution is 2.41. The van der Waals surface area contributed by atoms with E-state index in [1.165, 1.54) is 48.6 Å². The van der Waals surface area contributed by atoms with Gasteiger partial charge in [-0.3, -0.25) is 14.7 Å². The molecule has 4 rings (SSSR count). The molecule has 0 aliphatic carbocycles. The van der Waals surface area contributed by atoms with Crippen LogP contribution in [0.3, 0.4) is 0 Å². The van der Waals surface area contributed by atoms with Crippen LogP contribution in [0.1, 0.15) is 22.3 Å². The maximum absolute atomic E-state index is 14.8. The van der Waals surface area contributed by atoms with Crippen LogP contribution in [0.5, 0.6) is 0 Å². The largest absolute Gasteiger partial charge is 0.369 e. The number of aliphatic imine (C=N–C) groups is 1. The number of amides is 1. The predicted octanol–water partition coefficient (Wildman–Crippen LogP) is 3.26. The summed E-state index contributed by atoms with van der Waals surface area (Å²) in [6, 6.07) is 14.2. The average molecular weight is 417 g/mol. The van der Waals surface area contributed by atoms with Gasteiger partial charge in [0.25, 0.3) is 5.91 Å². The molecule has 2 N–H and O–H groups in total. The van der Waals surface area contributed by atoms with Crippen LogP contribution in [0.15, 0.2) is 65.9 Å². The van der Waals surface area contributed by atoms with Gasteiger partial charge in [-0.05, 0) is 41.5 Å². The van der Waals surface area contributed by atoms with E-state index < -0.39 is 23.9 Å². The van der Waals surface area contributed by atoms with Crippen molar-refractivity contribution in [3.8, 4) is 17.2 Å². The maximum atomic E-state index is 14.8. The number of carbonyl (C=O) groups excluding carboxylic acids is 1. The van der Waals surface area contributed by atoms with Gasteiger partial charge in [-0.15, -0.1) is 0 Å². The zero-order chi connectivity index (χ0) is 22.2. The minimum Gasteiger partial charge on any atom is -0.369 e. The Morgan fingerprint density at radius 3 is 2.65 bits per heavy atom. The van der Waals surface area contributed by atoms with Gasteiger partial charge in [-0.25, -0.2) is 13.8 Å². The molecule has 6 nitrogen and oxygen atoms in total. The molecule has 2 heterocycles. The van der Waals surface area contributed by atoms with Crippen molar-refractivity contribution in [2.75, 3.05) is 7.05 Å². The third kappa shape index (κ3) is 3.20. The minimum absolute atomic E-state index is 0.0204. The van der Waals surface area contributed by atoms with E-state index in [1.807, 2.05) is 6.07 Å². The van der Waals surface area contributed by atoms with E-state index in [0.717, 1.165) is 0 Å². The number of likely N-dealkylation sites (N-methyl/N-ethyl adjacent to an activating group) is 1. The van der Waals surface area contributed by atoms with E-state index in [9.17, 15) is 18.8 Å². The molecule has 1 aliphatic heterocycles. The van der Waals surface area contributed by atoms with Crippen LogP contribution >= 0.6 is 0 Å². The zero-order valence-corrected chi connectivity index (χ0v) is 16.5. The Balaban J connectivity index is 1.97. The molecule has 3 aromatic rings.